The Kier molecular flexibility index (Phi) is 70.0. The summed E-state index contributed by atoms with van der Waals surface area (Å²) < 4.78 is 0. The van der Waals surface area contributed by atoms with E-state index in [4.69, 9.17) is 5.11 Å². The van der Waals surface area contributed by atoms with E-state index in [0.717, 1.165) is 0 Å². The predicted molar refractivity (Wildman–Crippen MR) is 34.9 cm³/mol. The van der Waals surface area contributed by atoms with Crippen LogP contribution in [0.5, 0.6) is 0 Å². The molecule has 0 aromatic heterocycles. The minimum absolute atomic E-state index is 0. The van der Waals surface area contributed by atoms with Crippen LogP contribution in [0.2, 0.25) is 0 Å². The molecule has 0 spiro atoms. The third-order valence-electron chi connectivity index (χ3n) is 0. The van der Waals surface area contributed by atoms with Crippen molar-refractivity contribution in [2.75, 3.05) is 20.7 Å². The second-order valence-electron chi connectivity index (χ2n) is 0.816. The minimum atomic E-state index is 0. The van der Waals surface area contributed by atoms with Gasteiger partial charge >= 0.3 is 18.9 Å². The van der Waals surface area contributed by atoms with Gasteiger partial charge < -0.3 is 10.4 Å². The molecule has 0 aliphatic carbocycles. The normalized spacial score (nSPS) is 5.14. The monoisotopic (exact) mass is 99.1 g/mol. The average molecular weight is 99.1 g/mol. The van der Waals surface area contributed by atoms with Crippen molar-refractivity contribution >= 4 is 18.9 Å². The van der Waals surface area contributed by atoms with Crippen LogP contribution in [0.3, 0.4) is 0 Å². The molecule has 0 radical (unpaired) electrons. The molecule has 0 aromatic carbocycles. The van der Waals surface area contributed by atoms with Crippen molar-refractivity contribution in [2.45, 2.75) is 6.92 Å². The summed E-state index contributed by atoms with van der Waals surface area (Å²) in [4.78, 5) is 0. The molecule has 2 nitrogen and oxygen atoms in total. The van der Waals surface area contributed by atoms with Crippen LogP contribution in [0.15, 0.2) is 0 Å². The van der Waals surface area contributed by atoms with Crippen LogP contribution in [0.1, 0.15) is 6.92 Å². The molecule has 42 valence electrons. The van der Waals surface area contributed by atoms with Crippen LogP contribution in [-0.4, -0.2) is 44.7 Å². The third-order valence-corrected chi connectivity index (χ3v) is 0. The molecule has 3 heteroatoms. The first kappa shape index (κ1) is 15.6. The van der Waals surface area contributed by atoms with E-state index in [1.54, 1.807) is 6.92 Å². The van der Waals surface area contributed by atoms with Gasteiger partial charge in [0.1, 0.15) is 0 Å². The fraction of sp³-hybridized carbons (Fsp3) is 1.00. The van der Waals surface area contributed by atoms with Gasteiger partial charge in [-0.25, -0.2) is 0 Å². The molecule has 0 saturated heterocycles. The number of aliphatic hydroxyl groups excluding tert-OH is 1. The summed E-state index contributed by atoms with van der Waals surface area (Å²) >= 11 is 0. The Morgan fingerprint density at radius 3 is 1.43 bits per heavy atom. The zero-order chi connectivity index (χ0) is 5.41. The average Bonchev–Trinajstić information content (AvgIpc) is 1.39. The molecule has 0 saturated carbocycles. The number of nitrogens with one attached hydrogen (secondary N) is 1. The maximum atomic E-state index is 7.57. The maximum absolute atomic E-state index is 7.57. The Balaban J connectivity index is -0.0000000400. The Hall–Kier alpha value is 0.517. The van der Waals surface area contributed by atoms with Crippen molar-refractivity contribution in [3.63, 3.8) is 0 Å². The summed E-state index contributed by atoms with van der Waals surface area (Å²) in [6, 6.07) is 0. The topological polar surface area (TPSA) is 32.3 Å². The van der Waals surface area contributed by atoms with Crippen LogP contribution < -0.4 is 5.32 Å². The molecular formula is C4H14LiNO. The van der Waals surface area contributed by atoms with Gasteiger partial charge in [-0.15, -0.1) is 0 Å². The van der Waals surface area contributed by atoms with Crippen LogP contribution in [-0.2, 0) is 0 Å². The van der Waals surface area contributed by atoms with E-state index in [2.05, 4.69) is 5.32 Å². The Morgan fingerprint density at radius 2 is 1.43 bits per heavy atom. The summed E-state index contributed by atoms with van der Waals surface area (Å²) in [5, 5.41) is 10.3. The van der Waals surface area contributed by atoms with Crippen molar-refractivity contribution in [3.8, 4) is 0 Å². The van der Waals surface area contributed by atoms with Crippen LogP contribution in [0.4, 0.5) is 0 Å². The first-order valence-corrected chi connectivity index (χ1v) is 2.02. The van der Waals surface area contributed by atoms with Gasteiger partial charge in [-0.3, -0.25) is 0 Å². The zero-order valence-corrected chi connectivity index (χ0v) is 4.65. The van der Waals surface area contributed by atoms with E-state index in [1.165, 1.54) is 0 Å². The summed E-state index contributed by atoms with van der Waals surface area (Å²) in [5.74, 6) is 0. The fourth-order valence-electron chi connectivity index (χ4n) is 0. The Labute approximate surface area is 57.5 Å². The molecule has 0 fully saturated rings. The van der Waals surface area contributed by atoms with E-state index in [1.807, 2.05) is 14.1 Å². The van der Waals surface area contributed by atoms with E-state index < -0.39 is 0 Å². The summed E-state index contributed by atoms with van der Waals surface area (Å²) in [6.45, 7) is 1.93. The number of rotatable bonds is 0. The van der Waals surface area contributed by atoms with E-state index in [9.17, 15) is 0 Å². The molecule has 0 aliphatic rings. The second kappa shape index (κ2) is 31.3. The first-order valence-electron chi connectivity index (χ1n) is 2.02. The SMILES string of the molecule is CCO.CNC.[LiH]. The molecule has 0 aliphatic heterocycles. The fourth-order valence-corrected chi connectivity index (χ4v) is 0. The summed E-state index contributed by atoms with van der Waals surface area (Å²) in [6.07, 6.45) is 0. The number of hydrogen-bond acceptors (Lipinski definition) is 2. The summed E-state index contributed by atoms with van der Waals surface area (Å²) in [7, 11) is 3.75. The molecule has 0 aromatic rings. The van der Waals surface area contributed by atoms with Gasteiger partial charge in [-0.2, -0.15) is 0 Å². The van der Waals surface area contributed by atoms with Crippen molar-refractivity contribution in [3.05, 3.63) is 0 Å². The Bertz CT molecular complexity index is 13.7. The van der Waals surface area contributed by atoms with E-state index >= 15 is 0 Å². The van der Waals surface area contributed by atoms with Gasteiger partial charge in [0.05, 0.1) is 0 Å². The summed E-state index contributed by atoms with van der Waals surface area (Å²) in [5.41, 5.74) is 0. The molecule has 0 bridgehead atoms. The predicted octanol–water partition coefficient (Wildman–Crippen LogP) is -0.814. The standard InChI is InChI=1S/C2H7N.C2H6O.Li.H/c1-3-2;1-2-3;;/h3H,1-2H3;3H,2H2,1H3;;. The van der Waals surface area contributed by atoms with Crippen molar-refractivity contribution < 1.29 is 5.11 Å². The van der Waals surface area contributed by atoms with Gasteiger partial charge in [0.2, 0.25) is 0 Å². The molecule has 0 atom stereocenters. The molecule has 0 unspecified atom stereocenters. The first-order chi connectivity index (χ1) is 2.83. The molecule has 0 amide bonds. The molecule has 0 rings (SSSR count). The van der Waals surface area contributed by atoms with Gasteiger partial charge in [0, 0.05) is 6.61 Å². The molecule has 7 heavy (non-hydrogen) atoms. The van der Waals surface area contributed by atoms with Crippen molar-refractivity contribution in [1.82, 2.24) is 5.32 Å². The molecule has 0 heterocycles. The second-order valence-corrected chi connectivity index (χ2v) is 0.816. The van der Waals surface area contributed by atoms with E-state index in [-0.39, 0.29) is 25.5 Å². The van der Waals surface area contributed by atoms with Crippen molar-refractivity contribution in [1.29, 1.82) is 0 Å². The van der Waals surface area contributed by atoms with Crippen LogP contribution in [0, 0.1) is 0 Å². The molecular weight excluding hydrogens is 85.0 g/mol. The number of aliphatic hydroxyl groups is 1. The quantitative estimate of drug-likeness (QED) is 0.389. The van der Waals surface area contributed by atoms with Gasteiger partial charge in [0.15, 0.2) is 0 Å². The number of hydrogen-bond donors (Lipinski definition) is 2. The van der Waals surface area contributed by atoms with E-state index in [0.29, 0.717) is 0 Å². The van der Waals surface area contributed by atoms with Crippen molar-refractivity contribution in [2.24, 2.45) is 0 Å². The molecule has 2 N–H and O–H groups in total. The van der Waals surface area contributed by atoms with Crippen LogP contribution >= 0.6 is 0 Å². The van der Waals surface area contributed by atoms with Gasteiger partial charge in [-0.05, 0) is 21.0 Å². The Morgan fingerprint density at radius 1 is 1.43 bits per heavy atom. The zero-order valence-electron chi connectivity index (χ0n) is 4.65. The third kappa shape index (κ3) is 497. The van der Waals surface area contributed by atoms with Crippen LogP contribution in [0.25, 0.3) is 0 Å². The van der Waals surface area contributed by atoms with Gasteiger partial charge in [0.25, 0.3) is 0 Å². The van der Waals surface area contributed by atoms with Gasteiger partial charge in [-0.1, -0.05) is 0 Å².